The first-order valence-electron chi connectivity index (χ1n) is 5.68. The number of nitrogens with two attached hydrogens (primary N) is 1. The molecule has 2 N–H and O–H groups in total. The lowest BCUT2D eigenvalue weighted by atomic mass is 9.86. The van der Waals surface area contributed by atoms with Gasteiger partial charge < -0.3 is 10.5 Å². The Morgan fingerprint density at radius 1 is 1.50 bits per heavy atom. The molecule has 3 heteroatoms. The average molecular weight is 284 g/mol. The minimum absolute atomic E-state index is 0.127. The molecule has 0 aliphatic heterocycles. The summed E-state index contributed by atoms with van der Waals surface area (Å²) in [6.07, 6.45) is 0.997. The topological polar surface area (TPSA) is 35.2 Å². The van der Waals surface area contributed by atoms with Crippen LogP contribution in [-0.2, 0) is 5.41 Å². The van der Waals surface area contributed by atoms with Crippen molar-refractivity contribution in [3.8, 4) is 5.75 Å². The van der Waals surface area contributed by atoms with Crippen molar-refractivity contribution in [1.29, 1.82) is 0 Å². The van der Waals surface area contributed by atoms with Gasteiger partial charge in [-0.15, -0.1) is 0 Å². The van der Waals surface area contributed by atoms with Crippen LogP contribution < -0.4 is 10.5 Å². The summed E-state index contributed by atoms with van der Waals surface area (Å²) in [7, 11) is 0. The van der Waals surface area contributed by atoms with Crippen LogP contribution in [-0.4, -0.2) is 6.61 Å². The predicted octanol–water partition coefficient (Wildman–Crippen LogP) is 3.53. The lowest BCUT2D eigenvalue weighted by Gasteiger charge is -2.20. The van der Waals surface area contributed by atoms with E-state index in [1.165, 1.54) is 11.1 Å². The molecule has 0 amide bonds. The van der Waals surface area contributed by atoms with Crippen LogP contribution in [0.15, 0.2) is 16.6 Å². The monoisotopic (exact) mass is 283 g/mol. The van der Waals surface area contributed by atoms with E-state index in [-0.39, 0.29) is 11.5 Å². The molecule has 1 aromatic rings. The van der Waals surface area contributed by atoms with Crippen molar-refractivity contribution >= 4 is 15.9 Å². The maximum Gasteiger partial charge on any atom is 0.120 e. The van der Waals surface area contributed by atoms with E-state index >= 15 is 0 Å². The van der Waals surface area contributed by atoms with Crippen LogP contribution in [0.1, 0.15) is 44.4 Å². The third-order valence-corrected chi connectivity index (χ3v) is 3.84. The predicted molar refractivity (Wildman–Crippen MR) is 69.9 cm³/mol. The summed E-state index contributed by atoms with van der Waals surface area (Å²) >= 11 is 3.64. The SMILES string of the molecule is CCOc1cc(Br)c2c(c1)[C@H](N)CC2(C)C. The molecule has 0 saturated heterocycles. The first kappa shape index (κ1) is 11.9. The van der Waals surface area contributed by atoms with Gasteiger partial charge in [0.05, 0.1) is 6.61 Å². The van der Waals surface area contributed by atoms with Crippen molar-refractivity contribution in [3.63, 3.8) is 0 Å². The Labute approximate surface area is 105 Å². The summed E-state index contributed by atoms with van der Waals surface area (Å²) in [5.74, 6) is 0.904. The van der Waals surface area contributed by atoms with Gasteiger partial charge in [0.25, 0.3) is 0 Å². The van der Waals surface area contributed by atoms with Crippen LogP contribution in [0.5, 0.6) is 5.75 Å². The number of hydrogen-bond acceptors (Lipinski definition) is 2. The van der Waals surface area contributed by atoms with Gasteiger partial charge in [-0.2, -0.15) is 0 Å². The zero-order chi connectivity index (χ0) is 11.9. The van der Waals surface area contributed by atoms with Crippen molar-refractivity contribution in [2.75, 3.05) is 6.61 Å². The van der Waals surface area contributed by atoms with Crippen molar-refractivity contribution < 1.29 is 4.74 Å². The Balaban J connectivity index is 2.53. The molecule has 88 valence electrons. The smallest absolute Gasteiger partial charge is 0.120 e. The van der Waals surface area contributed by atoms with E-state index in [1.54, 1.807) is 0 Å². The summed E-state index contributed by atoms with van der Waals surface area (Å²) in [6, 6.07) is 4.26. The van der Waals surface area contributed by atoms with E-state index in [1.807, 2.05) is 13.0 Å². The summed E-state index contributed by atoms with van der Waals surface area (Å²) < 4.78 is 6.66. The molecule has 1 aliphatic rings. The molecule has 2 rings (SSSR count). The Hall–Kier alpha value is -0.540. The number of hydrogen-bond donors (Lipinski definition) is 1. The molecule has 0 fully saturated rings. The molecule has 1 aliphatic carbocycles. The summed E-state index contributed by atoms with van der Waals surface area (Å²) in [4.78, 5) is 0. The molecule has 0 unspecified atom stereocenters. The zero-order valence-electron chi connectivity index (χ0n) is 10.0. The van der Waals surface area contributed by atoms with Gasteiger partial charge in [-0.05, 0) is 42.0 Å². The Bertz CT molecular complexity index is 415. The molecule has 1 atom stereocenters. The lowest BCUT2D eigenvalue weighted by Crippen LogP contribution is -2.14. The van der Waals surface area contributed by atoms with Crippen molar-refractivity contribution in [2.24, 2.45) is 5.73 Å². The van der Waals surface area contributed by atoms with Gasteiger partial charge >= 0.3 is 0 Å². The number of ether oxygens (including phenoxy) is 1. The quantitative estimate of drug-likeness (QED) is 0.901. The highest BCUT2D eigenvalue weighted by Gasteiger charge is 2.37. The largest absolute Gasteiger partial charge is 0.494 e. The first-order valence-corrected chi connectivity index (χ1v) is 6.47. The summed E-state index contributed by atoms with van der Waals surface area (Å²) in [5, 5.41) is 0. The van der Waals surface area contributed by atoms with Gasteiger partial charge in [-0.3, -0.25) is 0 Å². The maximum absolute atomic E-state index is 6.18. The zero-order valence-corrected chi connectivity index (χ0v) is 11.6. The van der Waals surface area contributed by atoms with E-state index in [0.717, 1.165) is 16.6 Å². The van der Waals surface area contributed by atoms with Gasteiger partial charge in [0.15, 0.2) is 0 Å². The van der Waals surface area contributed by atoms with Crippen LogP contribution in [0.2, 0.25) is 0 Å². The molecule has 0 saturated carbocycles. The normalized spacial score (nSPS) is 21.9. The van der Waals surface area contributed by atoms with Crippen molar-refractivity contribution in [1.82, 2.24) is 0 Å². The average Bonchev–Trinajstić information content (AvgIpc) is 2.37. The van der Waals surface area contributed by atoms with Gasteiger partial charge in [-0.25, -0.2) is 0 Å². The number of rotatable bonds is 2. The Kier molecular flexibility index (Phi) is 3.01. The summed E-state index contributed by atoms with van der Waals surface area (Å²) in [5.41, 5.74) is 8.89. The first-order chi connectivity index (χ1) is 7.45. The van der Waals surface area contributed by atoms with Crippen LogP contribution in [0.3, 0.4) is 0 Å². The van der Waals surface area contributed by atoms with Gasteiger partial charge in [0, 0.05) is 10.5 Å². The van der Waals surface area contributed by atoms with E-state index in [9.17, 15) is 0 Å². The number of halogens is 1. The van der Waals surface area contributed by atoms with E-state index in [4.69, 9.17) is 10.5 Å². The number of benzene rings is 1. The fourth-order valence-corrected chi connectivity index (χ4v) is 3.61. The molecule has 0 spiro atoms. The van der Waals surface area contributed by atoms with Crippen molar-refractivity contribution in [2.45, 2.75) is 38.6 Å². The second kappa shape index (κ2) is 4.04. The van der Waals surface area contributed by atoms with Gasteiger partial charge in [-0.1, -0.05) is 29.8 Å². The molecular formula is C13H18BrNO. The molecule has 16 heavy (non-hydrogen) atoms. The minimum Gasteiger partial charge on any atom is -0.494 e. The maximum atomic E-state index is 6.18. The Morgan fingerprint density at radius 2 is 2.19 bits per heavy atom. The highest BCUT2D eigenvalue weighted by Crippen LogP contribution is 2.48. The molecule has 0 radical (unpaired) electrons. The third-order valence-electron chi connectivity index (χ3n) is 3.21. The minimum atomic E-state index is 0.127. The lowest BCUT2D eigenvalue weighted by molar-refractivity contribution is 0.339. The highest BCUT2D eigenvalue weighted by atomic mass is 79.9. The molecule has 1 aromatic carbocycles. The molecular weight excluding hydrogens is 266 g/mol. The van der Waals surface area contributed by atoms with E-state index in [0.29, 0.717) is 6.61 Å². The third kappa shape index (κ3) is 1.87. The van der Waals surface area contributed by atoms with E-state index in [2.05, 4.69) is 35.8 Å². The van der Waals surface area contributed by atoms with Gasteiger partial charge in [0.1, 0.15) is 5.75 Å². The standard InChI is InChI=1S/C13H18BrNO/c1-4-16-8-5-9-11(15)7-13(2,3)12(9)10(14)6-8/h5-6,11H,4,7,15H2,1-3H3/t11-/m1/s1. The van der Waals surface area contributed by atoms with Crippen LogP contribution >= 0.6 is 15.9 Å². The fourth-order valence-electron chi connectivity index (χ4n) is 2.62. The molecule has 0 aromatic heterocycles. The van der Waals surface area contributed by atoms with Crippen molar-refractivity contribution in [3.05, 3.63) is 27.7 Å². The Morgan fingerprint density at radius 3 is 2.81 bits per heavy atom. The van der Waals surface area contributed by atoms with E-state index < -0.39 is 0 Å². The second-order valence-corrected chi connectivity index (χ2v) is 5.85. The van der Waals surface area contributed by atoms with Gasteiger partial charge in [0.2, 0.25) is 0 Å². The van der Waals surface area contributed by atoms with Crippen LogP contribution in [0, 0.1) is 0 Å². The van der Waals surface area contributed by atoms with Crippen LogP contribution in [0.25, 0.3) is 0 Å². The second-order valence-electron chi connectivity index (χ2n) is 5.00. The molecule has 0 heterocycles. The molecule has 0 bridgehead atoms. The summed E-state index contributed by atoms with van der Waals surface area (Å²) in [6.45, 7) is 7.16. The highest BCUT2D eigenvalue weighted by molar-refractivity contribution is 9.10. The number of fused-ring (bicyclic) bond motifs is 1. The fraction of sp³-hybridized carbons (Fsp3) is 0.538. The van der Waals surface area contributed by atoms with Crippen LogP contribution in [0.4, 0.5) is 0 Å². The molecule has 2 nitrogen and oxygen atoms in total.